The molecule has 1 amide bonds. The summed E-state index contributed by atoms with van der Waals surface area (Å²) in [5.41, 5.74) is 3.05. The van der Waals surface area contributed by atoms with Crippen molar-refractivity contribution >= 4 is 17.4 Å². The first-order valence-corrected chi connectivity index (χ1v) is 8.65. The van der Waals surface area contributed by atoms with Crippen LogP contribution < -0.4 is 10.6 Å². The Labute approximate surface area is 141 Å². The first-order valence-electron chi connectivity index (χ1n) is 7.77. The summed E-state index contributed by atoms with van der Waals surface area (Å²) in [7, 11) is 1.98. The van der Waals surface area contributed by atoms with Gasteiger partial charge in [-0.25, -0.2) is 4.79 Å². The minimum absolute atomic E-state index is 0.281. The van der Waals surface area contributed by atoms with Crippen molar-refractivity contribution in [3.63, 3.8) is 0 Å². The zero-order chi connectivity index (χ0) is 16.3. The van der Waals surface area contributed by atoms with Gasteiger partial charge in [-0.3, -0.25) is 4.98 Å². The summed E-state index contributed by atoms with van der Waals surface area (Å²) in [4.78, 5) is 16.5. The summed E-state index contributed by atoms with van der Waals surface area (Å²) in [5, 5.41) is 6.12. The highest BCUT2D eigenvalue weighted by Gasteiger charge is 2.08. The molecule has 0 aliphatic carbocycles. The van der Waals surface area contributed by atoms with Gasteiger partial charge in [0.25, 0.3) is 0 Å². The molecule has 0 fully saturated rings. The fourth-order valence-electron chi connectivity index (χ4n) is 2.29. The maximum Gasteiger partial charge on any atom is 0.407 e. The number of benzene rings is 1. The molecule has 0 bridgehead atoms. The number of alkyl carbamates (subject to hydrolysis) is 1. The second-order valence-corrected chi connectivity index (χ2v) is 6.26. The highest BCUT2D eigenvalue weighted by Crippen LogP contribution is 2.08. The Hall–Kier alpha value is -1.92. The molecular formula is C17H23N3O2S. The van der Waals surface area contributed by atoms with Crippen molar-refractivity contribution in [3.8, 4) is 0 Å². The number of rotatable bonds is 9. The van der Waals surface area contributed by atoms with E-state index in [9.17, 15) is 4.79 Å². The van der Waals surface area contributed by atoms with Crippen LogP contribution in [0.4, 0.5) is 4.79 Å². The molecule has 124 valence electrons. The molecule has 0 aliphatic heterocycles. The molecule has 0 spiro atoms. The van der Waals surface area contributed by atoms with E-state index in [2.05, 4.69) is 39.9 Å². The SMILES string of the molecule is CN[C@H](CCCNC(=O)OCc1cncs1)Cc1ccccc1. The zero-order valence-electron chi connectivity index (χ0n) is 13.3. The van der Waals surface area contributed by atoms with Gasteiger partial charge >= 0.3 is 6.09 Å². The molecule has 2 N–H and O–H groups in total. The van der Waals surface area contributed by atoms with Crippen molar-refractivity contribution in [1.29, 1.82) is 0 Å². The Morgan fingerprint density at radius 1 is 1.35 bits per heavy atom. The molecule has 0 saturated heterocycles. The number of hydrogen-bond donors (Lipinski definition) is 2. The van der Waals surface area contributed by atoms with Gasteiger partial charge in [-0.1, -0.05) is 30.3 Å². The predicted molar refractivity (Wildman–Crippen MR) is 92.5 cm³/mol. The molecule has 5 nitrogen and oxygen atoms in total. The van der Waals surface area contributed by atoms with E-state index in [4.69, 9.17) is 4.74 Å². The average Bonchev–Trinajstić information content (AvgIpc) is 3.10. The van der Waals surface area contributed by atoms with Gasteiger partial charge in [-0.05, 0) is 31.9 Å². The fraction of sp³-hybridized carbons (Fsp3) is 0.412. The Morgan fingerprint density at radius 2 is 2.17 bits per heavy atom. The molecule has 23 heavy (non-hydrogen) atoms. The summed E-state index contributed by atoms with van der Waals surface area (Å²) < 4.78 is 5.12. The number of likely N-dealkylation sites (N-methyl/N-ethyl adjacent to an activating group) is 1. The van der Waals surface area contributed by atoms with Crippen molar-refractivity contribution in [2.75, 3.05) is 13.6 Å². The molecule has 2 rings (SSSR count). The number of amides is 1. The molecule has 2 aromatic rings. The lowest BCUT2D eigenvalue weighted by atomic mass is 10.0. The van der Waals surface area contributed by atoms with Crippen LogP contribution in [-0.4, -0.2) is 30.7 Å². The Bertz CT molecular complexity index is 560. The average molecular weight is 333 g/mol. The summed E-state index contributed by atoms with van der Waals surface area (Å²) in [6.07, 6.45) is 4.24. The van der Waals surface area contributed by atoms with Gasteiger partial charge in [0.15, 0.2) is 0 Å². The summed E-state index contributed by atoms with van der Waals surface area (Å²) in [6.45, 7) is 0.901. The van der Waals surface area contributed by atoms with Gasteiger partial charge in [-0.2, -0.15) is 0 Å². The van der Waals surface area contributed by atoms with E-state index in [0.717, 1.165) is 24.1 Å². The third-order valence-corrected chi connectivity index (χ3v) is 4.31. The number of ether oxygens (including phenoxy) is 1. The Kier molecular flexibility index (Phi) is 7.56. The van der Waals surface area contributed by atoms with Gasteiger partial charge < -0.3 is 15.4 Å². The zero-order valence-corrected chi connectivity index (χ0v) is 14.1. The van der Waals surface area contributed by atoms with Crippen LogP contribution in [0.5, 0.6) is 0 Å². The summed E-state index contributed by atoms with van der Waals surface area (Å²) in [5.74, 6) is 0. The van der Waals surface area contributed by atoms with E-state index in [-0.39, 0.29) is 12.7 Å². The molecule has 6 heteroatoms. The highest BCUT2D eigenvalue weighted by molar-refractivity contribution is 7.09. The predicted octanol–water partition coefficient (Wildman–Crippen LogP) is 2.98. The van der Waals surface area contributed by atoms with Crippen LogP contribution in [0.15, 0.2) is 42.0 Å². The standard InChI is InChI=1S/C17H23N3O2S/c1-18-15(10-14-6-3-2-4-7-14)8-5-9-20-17(21)22-12-16-11-19-13-23-16/h2-4,6-7,11,13,15,18H,5,8-10,12H2,1H3,(H,20,21)/t15-/m1/s1. The van der Waals surface area contributed by atoms with Crippen molar-refractivity contribution in [2.45, 2.75) is 31.9 Å². The monoisotopic (exact) mass is 333 g/mol. The van der Waals surface area contributed by atoms with E-state index in [1.165, 1.54) is 16.9 Å². The fourth-order valence-corrected chi connectivity index (χ4v) is 2.79. The second kappa shape index (κ2) is 9.97. The number of carbonyl (C=O) groups excluding carboxylic acids is 1. The maximum absolute atomic E-state index is 11.6. The lowest BCUT2D eigenvalue weighted by molar-refractivity contribution is 0.140. The number of aromatic nitrogens is 1. The Balaban J connectivity index is 1.58. The molecule has 1 atom stereocenters. The van der Waals surface area contributed by atoms with Crippen molar-refractivity contribution < 1.29 is 9.53 Å². The minimum atomic E-state index is -0.373. The first-order chi connectivity index (χ1) is 11.3. The molecule has 1 aromatic carbocycles. The van der Waals surface area contributed by atoms with Crippen LogP contribution in [0.25, 0.3) is 0 Å². The number of nitrogens with one attached hydrogen (secondary N) is 2. The number of thiazole rings is 1. The number of carbonyl (C=O) groups is 1. The van der Waals surface area contributed by atoms with Crippen LogP contribution in [0.2, 0.25) is 0 Å². The first kappa shape index (κ1) is 17.4. The van der Waals surface area contributed by atoms with Crippen LogP contribution >= 0.6 is 11.3 Å². The third kappa shape index (κ3) is 6.80. The van der Waals surface area contributed by atoms with E-state index in [0.29, 0.717) is 12.6 Å². The van der Waals surface area contributed by atoms with Crippen LogP contribution in [-0.2, 0) is 17.8 Å². The van der Waals surface area contributed by atoms with Crippen LogP contribution in [0.3, 0.4) is 0 Å². The maximum atomic E-state index is 11.6. The highest BCUT2D eigenvalue weighted by atomic mass is 32.1. The van der Waals surface area contributed by atoms with Crippen LogP contribution in [0.1, 0.15) is 23.3 Å². The molecule has 1 heterocycles. The second-order valence-electron chi connectivity index (χ2n) is 5.29. The molecule has 0 radical (unpaired) electrons. The molecule has 0 aliphatic rings. The number of hydrogen-bond acceptors (Lipinski definition) is 5. The molecular weight excluding hydrogens is 310 g/mol. The van der Waals surface area contributed by atoms with E-state index in [1.54, 1.807) is 11.7 Å². The summed E-state index contributed by atoms with van der Waals surface area (Å²) in [6, 6.07) is 10.8. The third-order valence-electron chi connectivity index (χ3n) is 3.56. The largest absolute Gasteiger partial charge is 0.444 e. The molecule has 1 aromatic heterocycles. The van der Waals surface area contributed by atoms with Gasteiger partial charge in [0.2, 0.25) is 0 Å². The summed E-state index contributed by atoms with van der Waals surface area (Å²) >= 11 is 1.48. The Morgan fingerprint density at radius 3 is 2.87 bits per heavy atom. The normalized spacial score (nSPS) is 11.9. The van der Waals surface area contributed by atoms with Crippen molar-refractivity contribution in [3.05, 3.63) is 52.5 Å². The molecule has 0 unspecified atom stereocenters. The minimum Gasteiger partial charge on any atom is -0.444 e. The topological polar surface area (TPSA) is 63.2 Å². The quantitative estimate of drug-likeness (QED) is 0.693. The van der Waals surface area contributed by atoms with Gasteiger partial charge in [0.1, 0.15) is 6.61 Å². The van der Waals surface area contributed by atoms with E-state index in [1.807, 2.05) is 13.1 Å². The van der Waals surface area contributed by atoms with Gasteiger partial charge in [-0.15, -0.1) is 11.3 Å². The molecule has 0 saturated carbocycles. The lowest BCUT2D eigenvalue weighted by Gasteiger charge is -2.16. The van der Waals surface area contributed by atoms with Crippen molar-refractivity contribution in [1.82, 2.24) is 15.6 Å². The number of nitrogens with zero attached hydrogens (tertiary/aromatic N) is 1. The smallest absolute Gasteiger partial charge is 0.407 e. The van der Waals surface area contributed by atoms with Crippen molar-refractivity contribution in [2.24, 2.45) is 0 Å². The van der Waals surface area contributed by atoms with Gasteiger partial charge in [0.05, 0.1) is 10.4 Å². The van der Waals surface area contributed by atoms with E-state index >= 15 is 0 Å². The van der Waals surface area contributed by atoms with E-state index < -0.39 is 0 Å². The van der Waals surface area contributed by atoms with Crippen LogP contribution in [0, 0.1) is 0 Å². The van der Waals surface area contributed by atoms with Gasteiger partial charge in [0, 0.05) is 18.8 Å². The lowest BCUT2D eigenvalue weighted by Crippen LogP contribution is -2.30.